The summed E-state index contributed by atoms with van der Waals surface area (Å²) in [6.45, 7) is 3.32. The lowest BCUT2D eigenvalue weighted by Gasteiger charge is -2.29. The third kappa shape index (κ3) is 4.65. The standard InChI is InChI=1S/C25H26N2O2/c1-19(10-11-20-7-3-2-4-8-20)27(18-23-9-5-6-15-26-23)25(28)22-12-13-24-21(17-22)14-16-29-24/h2-9,12-13,15,17,19H,10-11,14,16,18H2,1H3. The number of pyridine rings is 1. The molecule has 29 heavy (non-hydrogen) atoms. The quantitative estimate of drug-likeness (QED) is 0.592. The highest BCUT2D eigenvalue weighted by molar-refractivity contribution is 5.94. The molecule has 3 aromatic rings. The average Bonchev–Trinajstić information content (AvgIpc) is 3.25. The number of aryl methyl sites for hydroxylation is 1. The number of rotatable bonds is 7. The Morgan fingerprint density at radius 1 is 1.10 bits per heavy atom. The molecule has 0 aliphatic carbocycles. The van der Waals surface area contributed by atoms with Crippen molar-refractivity contribution in [3.05, 3.63) is 95.3 Å². The minimum Gasteiger partial charge on any atom is -0.493 e. The summed E-state index contributed by atoms with van der Waals surface area (Å²) in [4.78, 5) is 19.8. The molecule has 148 valence electrons. The third-order valence-corrected chi connectivity index (χ3v) is 5.48. The molecule has 1 aromatic heterocycles. The summed E-state index contributed by atoms with van der Waals surface area (Å²) in [6.07, 6.45) is 4.47. The van der Waals surface area contributed by atoms with Crippen molar-refractivity contribution < 1.29 is 9.53 Å². The van der Waals surface area contributed by atoms with E-state index >= 15 is 0 Å². The summed E-state index contributed by atoms with van der Waals surface area (Å²) in [5.41, 5.74) is 4.03. The van der Waals surface area contributed by atoms with Gasteiger partial charge in [-0.3, -0.25) is 9.78 Å². The van der Waals surface area contributed by atoms with Gasteiger partial charge in [0.25, 0.3) is 5.91 Å². The van der Waals surface area contributed by atoms with Gasteiger partial charge in [0.05, 0.1) is 18.8 Å². The first-order valence-corrected chi connectivity index (χ1v) is 10.2. The summed E-state index contributed by atoms with van der Waals surface area (Å²) in [5, 5.41) is 0. The Bertz CT molecular complexity index is 957. The zero-order valence-electron chi connectivity index (χ0n) is 16.8. The van der Waals surface area contributed by atoms with Crippen LogP contribution in [0.1, 0.15) is 40.5 Å². The van der Waals surface area contributed by atoms with Gasteiger partial charge in [-0.15, -0.1) is 0 Å². The molecule has 1 aliphatic rings. The number of fused-ring (bicyclic) bond motifs is 1. The van der Waals surface area contributed by atoms with Crippen LogP contribution in [0.25, 0.3) is 0 Å². The van der Waals surface area contributed by atoms with Crippen molar-refractivity contribution in [3.8, 4) is 5.75 Å². The maximum Gasteiger partial charge on any atom is 0.254 e. The molecule has 2 aromatic carbocycles. The van der Waals surface area contributed by atoms with E-state index in [0.29, 0.717) is 13.2 Å². The molecule has 4 nitrogen and oxygen atoms in total. The number of hydrogen-bond acceptors (Lipinski definition) is 3. The summed E-state index contributed by atoms with van der Waals surface area (Å²) in [5.74, 6) is 0.945. The highest BCUT2D eigenvalue weighted by Crippen LogP contribution is 2.27. The van der Waals surface area contributed by atoms with Crippen molar-refractivity contribution >= 4 is 5.91 Å². The SMILES string of the molecule is CC(CCc1ccccc1)N(Cc1ccccn1)C(=O)c1ccc2c(c1)CCO2. The lowest BCUT2D eigenvalue weighted by atomic mass is 10.0. The molecule has 1 atom stereocenters. The molecule has 0 N–H and O–H groups in total. The first-order chi connectivity index (χ1) is 14.2. The Balaban J connectivity index is 1.54. The monoisotopic (exact) mass is 386 g/mol. The number of carbonyl (C=O) groups excluding carboxylic acids is 1. The minimum absolute atomic E-state index is 0.0471. The minimum atomic E-state index is 0.0471. The Kier molecular flexibility index (Phi) is 5.89. The number of hydrogen-bond donors (Lipinski definition) is 0. The fourth-order valence-corrected chi connectivity index (χ4v) is 3.76. The Morgan fingerprint density at radius 3 is 2.72 bits per heavy atom. The second kappa shape index (κ2) is 8.91. The molecular formula is C25H26N2O2. The van der Waals surface area contributed by atoms with Crippen molar-refractivity contribution in [1.82, 2.24) is 9.88 Å². The topological polar surface area (TPSA) is 42.4 Å². The smallest absolute Gasteiger partial charge is 0.254 e. The first kappa shape index (κ1) is 19.2. The highest BCUT2D eigenvalue weighted by atomic mass is 16.5. The normalized spacial score (nSPS) is 13.4. The van der Waals surface area contributed by atoms with E-state index in [1.54, 1.807) is 6.20 Å². The van der Waals surface area contributed by atoms with Crippen LogP contribution in [0.2, 0.25) is 0 Å². The zero-order valence-corrected chi connectivity index (χ0v) is 16.8. The van der Waals surface area contributed by atoms with Crippen LogP contribution in [0.3, 0.4) is 0 Å². The van der Waals surface area contributed by atoms with E-state index in [2.05, 4.69) is 36.2 Å². The van der Waals surface area contributed by atoms with Crippen LogP contribution in [0.4, 0.5) is 0 Å². The van der Waals surface area contributed by atoms with E-state index in [0.717, 1.165) is 41.8 Å². The second-order valence-corrected chi connectivity index (χ2v) is 7.55. The van der Waals surface area contributed by atoms with Gasteiger partial charge >= 0.3 is 0 Å². The van der Waals surface area contributed by atoms with Crippen molar-refractivity contribution in [2.75, 3.05) is 6.61 Å². The molecule has 0 saturated carbocycles. The molecule has 4 rings (SSSR count). The predicted octanol–water partition coefficient (Wildman–Crippen LogP) is 4.68. The molecular weight excluding hydrogens is 360 g/mol. The molecule has 2 heterocycles. The van der Waals surface area contributed by atoms with Gasteiger partial charge < -0.3 is 9.64 Å². The first-order valence-electron chi connectivity index (χ1n) is 10.2. The second-order valence-electron chi connectivity index (χ2n) is 7.55. The average molecular weight is 386 g/mol. The van der Waals surface area contributed by atoms with Gasteiger partial charge in [0.15, 0.2) is 0 Å². The Morgan fingerprint density at radius 2 is 1.93 bits per heavy atom. The summed E-state index contributed by atoms with van der Waals surface area (Å²) < 4.78 is 5.59. The molecule has 0 bridgehead atoms. The maximum atomic E-state index is 13.5. The molecule has 0 fully saturated rings. The van der Waals surface area contributed by atoms with E-state index in [1.165, 1.54) is 5.56 Å². The zero-order chi connectivity index (χ0) is 20.1. The lowest BCUT2D eigenvalue weighted by molar-refractivity contribution is 0.0664. The van der Waals surface area contributed by atoms with Gasteiger partial charge in [-0.25, -0.2) is 0 Å². The number of amides is 1. The molecule has 1 unspecified atom stereocenters. The van der Waals surface area contributed by atoms with Gasteiger partial charge in [-0.1, -0.05) is 36.4 Å². The van der Waals surface area contributed by atoms with E-state index < -0.39 is 0 Å². The van der Waals surface area contributed by atoms with Gasteiger partial charge in [-0.2, -0.15) is 0 Å². The van der Waals surface area contributed by atoms with Crippen molar-refractivity contribution in [2.45, 2.75) is 38.8 Å². The van der Waals surface area contributed by atoms with Crippen LogP contribution in [-0.2, 0) is 19.4 Å². The fourth-order valence-electron chi connectivity index (χ4n) is 3.76. The van der Waals surface area contributed by atoms with Gasteiger partial charge in [0.1, 0.15) is 5.75 Å². The molecule has 0 radical (unpaired) electrons. The maximum absolute atomic E-state index is 13.5. The van der Waals surface area contributed by atoms with Crippen LogP contribution < -0.4 is 4.74 Å². The van der Waals surface area contributed by atoms with Gasteiger partial charge in [0, 0.05) is 24.2 Å². The van der Waals surface area contributed by atoms with Crippen LogP contribution in [0.15, 0.2) is 72.9 Å². The van der Waals surface area contributed by atoms with Gasteiger partial charge in [0.2, 0.25) is 0 Å². The summed E-state index contributed by atoms with van der Waals surface area (Å²) in [6, 6.07) is 22.1. The Labute approximate surface area is 172 Å². The van der Waals surface area contributed by atoms with Crippen LogP contribution in [-0.4, -0.2) is 28.4 Å². The summed E-state index contributed by atoms with van der Waals surface area (Å²) >= 11 is 0. The van der Waals surface area contributed by atoms with E-state index in [-0.39, 0.29) is 11.9 Å². The number of ether oxygens (including phenoxy) is 1. The highest BCUT2D eigenvalue weighted by Gasteiger charge is 2.24. The molecule has 1 aliphatic heterocycles. The molecule has 0 spiro atoms. The van der Waals surface area contributed by atoms with Crippen LogP contribution in [0, 0.1) is 0 Å². The van der Waals surface area contributed by atoms with Crippen LogP contribution in [0.5, 0.6) is 5.75 Å². The van der Waals surface area contributed by atoms with Crippen molar-refractivity contribution in [2.24, 2.45) is 0 Å². The predicted molar refractivity (Wildman–Crippen MR) is 114 cm³/mol. The van der Waals surface area contributed by atoms with E-state index in [1.807, 2.05) is 47.4 Å². The van der Waals surface area contributed by atoms with Crippen LogP contribution >= 0.6 is 0 Å². The number of nitrogens with zero attached hydrogens (tertiary/aromatic N) is 2. The van der Waals surface area contributed by atoms with Crippen molar-refractivity contribution in [3.63, 3.8) is 0 Å². The van der Waals surface area contributed by atoms with E-state index in [9.17, 15) is 4.79 Å². The molecule has 0 saturated heterocycles. The molecule has 1 amide bonds. The number of carbonyl (C=O) groups is 1. The lowest BCUT2D eigenvalue weighted by Crippen LogP contribution is -2.38. The van der Waals surface area contributed by atoms with Gasteiger partial charge in [-0.05, 0) is 61.2 Å². The molecule has 4 heteroatoms. The van der Waals surface area contributed by atoms with Crippen molar-refractivity contribution in [1.29, 1.82) is 0 Å². The largest absolute Gasteiger partial charge is 0.493 e. The number of aromatic nitrogens is 1. The third-order valence-electron chi connectivity index (χ3n) is 5.48. The van der Waals surface area contributed by atoms with E-state index in [4.69, 9.17) is 4.74 Å². The number of benzene rings is 2. The summed E-state index contributed by atoms with van der Waals surface area (Å²) in [7, 11) is 0. The fraction of sp³-hybridized carbons (Fsp3) is 0.280. The Hall–Kier alpha value is -3.14.